The highest BCUT2D eigenvalue weighted by molar-refractivity contribution is 6.19. The first kappa shape index (κ1) is 28.2. The molecule has 1 aliphatic heterocycles. The molecule has 0 spiro atoms. The van der Waals surface area contributed by atoms with Crippen molar-refractivity contribution in [3.05, 3.63) is 119 Å². The Hall–Kier alpha value is -5.29. The Morgan fingerprint density at radius 3 is 2.31 bits per heavy atom. The molecule has 1 aromatic heterocycles. The highest BCUT2D eigenvalue weighted by Crippen LogP contribution is 2.32. The van der Waals surface area contributed by atoms with Gasteiger partial charge in [0.1, 0.15) is 29.8 Å². The number of nitrogens with zero attached hydrogens (tertiary/aromatic N) is 4. The van der Waals surface area contributed by atoms with Gasteiger partial charge in [-0.25, -0.2) is 9.07 Å². The molecule has 0 radical (unpaired) electrons. The van der Waals surface area contributed by atoms with Crippen molar-refractivity contribution in [2.75, 3.05) is 6.54 Å². The van der Waals surface area contributed by atoms with E-state index in [2.05, 4.69) is 0 Å². The maximum absolute atomic E-state index is 13.6. The SMILES string of the molecule is CC1=C(C#N)C(=O)N(CC(C)C)C(=O)/C1=C/c1cn(-c2ccccc2)nc1-c1ccc(OCc2ccc(F)cc2)cc1. The fraction of sp³-hybridized carbons (Fsp3) is 0.176. The summed E-state index contributed by atoms with van der Waals surface area (Å²) < 4.78 is 20.8. The number of halogens is 1. The minimum Gasteiger partial charge on any atom is -0.489 e. The van der Waals surface area contributed by atoms with E-state index in [4.69, 9.17) is 9.84 Å². The summed E-state index contributed by atoms with van der Waals surface area (Å²) in [6.07, 6.45) is 3.53. The fourth-order valence-corrected chi connectivity index (χ4v) is 4.70. The molecule has 0 aliphatic carbocycles. The summed E-state index contributed by atoms with van der Waals surface area (Å²) in [5.74, 6) is -0.631. The van der Waals surface area contributed by atoms with Gasteiger partial charge in [-0.05, 0) is 78.6 Å². The molecule has 2 heterocycles. The van der Waals surface area contributed by atoms with Crippen molar-refractivity contribution in [1.29, 1.82) is 5.26 Å². The first-order valence-electron chi connectivity index (χ1n) is 13.6. The van der Waals surface area contributed by atoms with Crippen LogP contribution in [0.3, 0.4) is 0 Å². The number of para-hydroxylation sites is 1. The average Bonchev–Trinajstić information content (AvgIpc) is 3.42. The summed E-state index contributed by atoms with van der Waals surface area (Å²) in [6.45, 7) is 5.96. The average molecular weight is 561 g/mol. The number of imide groups is 1. The molecule has 4 aromatic rings. The molecule has 0 N–H and O–H groups in total. The maximum Gasteiger partial charge on any atom is 0.271 e. The number of amides is 2. The van der Waals surface area contributed by atoms with Crippen LogP contribution in [0.15, 0.2) is 102 Å². The minimum absolute atomic E-state index is 0.0395. The van der Waals surface area contributed by atoms with Gasteiger partial charge in [-0.1, -0.05) is 44.2 Å². The summed E-state index contributed by atoms with van der Waals surface area (Å²) in [5.41, 5.74) is 4.31. The smallest absolute Gasteiger partial charge is 0.271 e. The molecule has 0 unspecified atom stereocenters. The number of benzene rings is 3. The molecule has 8 heteroatoms. The number of nitriles is 1. The van der Waals surface area contributed by atoms with E-state index in [0.717, 1.165) is 21.7 Å². The number of hydrogen-bond donors (Lipinski definition) is 0. The van der Waals surface area contributed by atoms with Crippen molar-refractivity contribution in [3.63, 3.8) is 0 Å². The van der Waals surface area contributed by atoms with Crippen LogP contribution >= 0.6 is 0 Å². The molecule has 0 bridgehead atoms. The first-order chi connectivity index (χ1) is 20.2. The van der Waals surface area contributed by atoms with Gasteiger partial charge in [-0.2, -0.15) is 10.4 Å². The van der Waals surface area contributed by atoms with Crippen LogP contribution in [0.5, 0.6) is 5.75 Å². The van der Waals surface area contributed by atoms with Gasteiger partial charge in [-0.3, -0.25) is 14.5 Å². The van der Waals surface area contributed by atoms with Crippen LogP contribution in [-0.4, -0.2) is 33.0 Å². The van der Waals surface area contributed by atoms with Crippen LogP contribution in [0.2, 0.25) is 0 Å². The van der Waals surface area contributed by atoms with Crippen molar-refractivity contribution < 1.29 is 18.7 Å². The lowest BCUT2D eigenvalue weighted by Crippen LogP contribution is -2.44. The van der Waals surface area contributed by atoms with Gasteiger partial charge in [0.25, 0.3) is 11.8 Å². The second-order valence-electron chi connectivity index (χ2n) is 10.4. The van der Waals surface area contributed by atoms with E-state index in [1.54, 1.807) is 29.8 Å². The van der Waals surface area contributed by atoms with Gasteiger partial charge in [0, 0.05) is 29.4 Å². The van der Waals surface area contributed by atoms with E-state index in [-0.39, 0.29) is 29.4 Å². The number of rotatable bonds is 8. The quantitative estimate of drug-likeness (QED) is 0.181. The number of ether oxygens (including phenoxy) is 1. The van der Waals surface area contributed by atoms with E-state index in [1.807, 2.05) is 80.7 Å². The zero-order valence-electron chi connectivity index (χ0n) is 23.5. The van der Waals surface area contributed by atoms with Gasteiger partial charge in [-0.15, -0.1) is 0 Å². The minimum atomic E-state index is -0.567. The predicted molar refractivity (Wildman–Crippen MR) is 158 cm³/mol. The Morgan fingerprint density at radius 2 is 1.67 bits per heavy atom. The van der Waals surface area contributed by atoms with Crippen molar-refractivity contribution in [3.8, 4) is 28.8 Å². The zero-order chi connectivity index (χ0) is 29.8. The van der Waals surface area contributed by atoms with Crippen LogP contribution in [-0.2, 0) is 16.2 Å². The lowest BCUT2D eigenvalue weighted by atomic mass is 9.92. The fourth-order valence-electron chi connectivity index (χ4n) is 4.70. The Balaban J connectivity index is 1.54. The summed E-state index contributed by atoms with van der Waals surface area (Å²) >= 11 is 0. The molecule has 0 saturated carbocycles. The highest BCUT2D eigenvalue weighted by atomic mass is 19.1. The van der Waals surface area contributed by atoms with Gasteiger partial charge in [0.2, 0.25) is 0 Å². The number of hydrogen-bond acceptors (Lipinski definition) is 5. The molecule has 3 aromatic carbocycles. The third-order valence-electron chi connectivity index (χ3n) is 6.88. The van der Waals surface area contributed by atoms with Gasteiger partial charge in [0.05, 0.1) is 11.4 Å². The molecule has 7 nitrogen and oxygen atoms in total. The molecule has 42 heavy (non-hydrogen) atoms. The maximum atomic E-state index is 13.6. The monoisotopic (exact) mass is 560 g/mol. The molecule has 1 aliphatic rings. The summed E-state index contributed by atoms with van der Waals surface area (Å²) in [4.78, 5) is 27.6. The Bertz CT molecular complexity index is 1730. The lowest BCUT2D eigenvalue weighted by Gasteiger charge is -2.28. The van der Waals surface area contributed by atoms with Crippen LogP contribution in [0, 0.1) is 23.1 Å². The largest absolute Gasteiger partial charge is 0.489 e. The van der Waals surface area contributed by atoms with E-state index >= 15 is 0 Å². The van der Waals surface area contributed by atoms with E-state index in [1.165, 1.54) is 12.1 Å². The molecule has 210 valence electrons. The van der Waals surface area contributed by atoms with Crippen molar-refractivity contribution in [1.82, 2.24) is 14.7 Å². The van der Waals surface area contributed by atoms with Gasteiger partial charge < -0.3 is 4.74 Å². The van der Waals surface area contributed by atoms with Crippen LogP contribution < -0.4 is 4.74 Å². The Morgan fingerprint density at radius 1 is 0.976 bits per heavy atom. The normalized spacial score (nSPS) is 14.6. The topological polar surface area (TPSA) is 88.2 Å². The van der Waals surface area contributed by atoms with E-state index in [0.29, 0.717) is 29.2 Å². The van der Waals surface area contributed by atoms with E-state index in [9.17, 15) is 19.2 Å². The molecular weight excluding hydrogens is 531 g/mol. The van der Waals surface area contributed by atoms with Gasteiger partial charge >= 0.3 is 0 Å². The lowest BCUT2D eigenvalue weighted by molar-refractivity contribution is -0.141. The molecular formula is C34H29FN4O3. The Labute approximate surface area is 243 Å². The molecule has 0 atom stereocenters. The molecule has 0 saturated heterocycles. The summed E-state index contributed by atoms with van der Waals surface area (Å²) in [5, 5.41) is 14.6. The van der Waals surface area contributed by atoms with Gasteiger partial charge in [0.15, 0.2) is 0 Å². The van der Waals surface area contributed by atoms with Crippen LogP contribution in [0.4, 0.5) is 4.39 Å². The summed E-state index contributed by atoms with van der Waals surface area (Å²) in [6, 6.07) is 25.1. The third kappa shape index (κ3) is 5.91. The van der Waals surface area contributed by atoms with Crippen molar-refractivity contribution in [2.45, 2.75) is 27.4 Å². The number of carbonyl (C=O) groups is 2. The Kier molecular flexibility index (Phi) is 8.12. The van der Waals surface area contributed by atoms with E-state index < -0.39 is 11.8 Å². The molecule has 2 amide bonds. The molecule has 0 fully saturated rings. The third-order valence-corrected chi connectivity index (χ3v) is 6.88. The highest BCUT2D eigenvalue weighted by Gasteiger charge is 2.36. The zero-order valence-corrected chi connectivity index (χ0v) is 23.5. The van der Waals surface area contributed by atoms with Crippen molar-refractivity contribution in [2.24, 2.45) is 5.92 Å². The number of aromatic nitrogens is 2. The van der Waals surface area contributed by atoms with Crippen LogP contribution in [0.1, 0.15) is 31.9 Å². The predicted octanol–water partition coefficient (Wildman–Crippen LogP) is 6.51. The van der Waals surface area contributed by atoms with Crippen LogP contribution in [0.25, 0.3) is 23.0 Å². The molecule has 5 rings (SSSR count). The first-order valence-corrected chi connectivity index (χ1v) is 13.6. The number of carbonyl (C=O) groups excluding carboxylic acids is 2. The second kappa shape index (κ2) is 12.1. The van der Waals surface area contributed by atoms with Crippen molar-refractivity contribution >= 4 is 17.9 Å². The summed E-state index contributed by atoms with van der Waals surface area (Å²) in [7, 11) is 0. The standard InChI is InChI=1S/C34H29FN4O3/c1-22(2)19-38-33(40)30(23(3)31(18-36)34(38)41)17-26-20-39(28-7-5-4-6-8-28)37-32(26)25-11-15-29(16-12-25)42-21-24-9-13-27(35)14-10-24/h4-17,20,22H,19,21H2,1-3H3/b30-17+. The second-order valence-corrected chi connectivity index (χ2v) is 10.4.